The van der Waals surface area contributed by atoms with E-state index in [1.54, 1.807) is 31.5 Å². The second-order valence-corrected chi connectivity index (χ2v) is 10.6. The number of aromatic nitrogens is 3. The van der Waals surface area contributed by atoms with Crippen molar-refractivity contribution >= 4 is 40.3 Å². The number of nitrogens with one attached hydrogen (secondary N) is 2. The predicted octanol–water partition coefficient (Wildman–Crippen LogP) is 4.94. The topological polar surface area (TPSA) is 116 Å². The number of anilines is 2. The Morgan fingerprint density at radius 2 is 1.92 bits per heavy atom. The Labute approximate surface area is 208 Å². The monoisotopic (exact) mass is 520 g/mol. The molecule has 1 fully saturated rings. The molecule has 36 heavy (non-hydrogen) atoms. The molecule has 1 amide bonds. The summed E-state index contributed by atoms with van der Waals surface area (Å²) in [4.78, 5) is 29.3. The van der Waals surface area contributed by atoms with Gasteiger partial charge in [-0.1, -0.05) is 0 Å². The molecule has 3 heterocycles. The van der Waals surface area contributed by atoms with Crippen molar-refractivity contribution in [1.29, 1.82) is 5.26 Å². The van der Waals surface area contributed by atoms with Crippen LogP contribution in [0.5, 0.6) is 0 Å². The number of hydrogen-bond acceptors (Lipinski definition) is 7. The number of pyridine rings is 1. The molecule has 1 aromatic carbocycles. The molecule has 0 aliphatic carbocycles. The first-order valence-electron chi connectivity index (χ1n) is 10.9. The van der Waals surface area contributed by atoms with Gasteiger partial charge in [-0.05, 0) is 62.9 Å². The van der Waals surface area contributed by atoms with Crippen molar-refractivity contribution in [2.45, 2.75) is 48.7 Å². The van der Waals surface area contributed by atoms with Crippen LogP contribution in [-0.2, 0) is 10.3 Å². The van der Waals surface area contributed by atoms with E-state index in [1.165, 1.54) is 35.4 Å². The molecule has 0 bridgehead atoms. The van der Waals surface area contributed by atoms with Gasteiger partial charge in [-0.3, -0.25) is 9.48 Å². The van der Waals surface area contributed by atoms with E-state index < -0.39 is 28.3 Å². The van der Waals surface area contributed by atoms with Crippen molar-refractivity contribution < 1.29 is 22.7 Å². The van der Waals surface area contributed by atoms with Crippen LogP contribution in [0.25, 0.3) is 10.9 Å². The molecule has 3 aromatic rings. The highest BCUT2D eigenvalue weighted by atomic mass is 32.2. The zero-order valence-electron chi connectivity index (χ0n) is 19.6. The number of alkyl halides is 3. The van der Waals surface area contributed by atoms with Crippen LogP contribution < -0.4 is 10.9 Å². The van der Waals surface area contributed by atoms with Crippen molar-refractivity contribution in [1.82, 2.24) is 19.7 Å². The van der Waals surface area contributed by atoms with E-state index in [9.17, 15) is 28.0 Å². The largest absolute Gasteiger partial charge is 0.446 e. The second kappa shape index (κ2) is 9.09. The summed E-state index contributed by atoms with van der Waals surface area (Å²) in [5, 5.41) is 17.3. The number of ether oxygens (including phenoxy) is 1. The summed E-state index contributed by atoms with van der Waals surface area (Å²) >= 11 is -0.226. The number of thioether (sulfide) groups is 1. The Balaban J connectivity index is 1.66. The zero-order chi connectivity index (χ0) is 26.3. The number of amides is 1. The Morgan fingerprint density at radius 1 is 1.25 bits per heavy atom. The predicted molar refractivity (Wildman–Crippen MR) is 128 cm³/mol. The first-order valence-corrected chi connectivity index (χ1v) is 11.7. The molecule has 2 N–H and O–H groups in total. The average Bonchev–Trinajstić information content (AvgIpc) is 3.09. The smallest absolute Gasteiger partial charge is 0.444 e. The van der Waals surface area contributed by atoms with Gasteiger partial charge in [0.25, 0.3) is 5.56 Å². The molecule has 0 atom stereocenters. The average molecular weight is 521 g/mol. The van der Waals surface area contributed by atoms with Crippen molar-refractivity contribution in [3.05, 3.63) is 46.9 Å². The van der Waals surface area contributed by atoms with Crippen LogP contribution in [0, 0.1) is 11.3 Å². The van der Waals surface area contributed by atoms with Crippen LogP contribution in [0.1, 0.15) is 27.2 Å². The van der Waals surface area contributed by atoms with Gasteiger partial charge in [0.2, 0.25) is 0 Å². The number of nitrogens with zero attached hydrogens (tertiary/aromatic N) is 4. The molecule has 0 unspecified atom stereocenters. The van der Waals surface area contributed by atoms with E-state index in [0.717, 1.165) is 0 Å². The van der Waals surface area contributed by atoms with Crippen LogP contribution in [0.4, 0.5) is 29.5 Å². The normalized spacial score (nSPS) is 15.3. The standard InChI is InChI=1S/C23H23F3N6O3S/c1-21(2,3)35-20(34)31-12-22(13-31,9-10-27)32-16-8-11-28-19(33)17(16)18(30-32)29-14-4-6-15(7-5-14)36-23(24,25)26/h4-8,11H,9,12-13H2,1-3H3,(H,28,33)(H,29,30). The molecule has 0 saturated carbocycles. The lowest BCUT2D eigenvalue weighted by molar-refractivity contribution is -0.0329. The minimum absolute atomic E-state index is 0.0194. The lowest BCUT2D eigenvalue weighted by Crippen LogP contribution is -2.64. The van der Waals surface area contributed by atoms with E-state index in [2.05, 4.69) is 21.5 Å². The van der Waals surface area contributed by atoms with Crippen LogP contribution in [-0.4, -0.2) is 50.0 Å². The van der Waals surface area contributed by atoms with Gasteiger partial charge in [-0.2, -0.15) is 23.5 Å². The molecule has 0 spiro atoms. The van der Waals surface area contributed by atoms with E-state index >= 15 is 0 Å². The zero-order valence-corrected chi connectivity index (χ0v) is 20.5. The number of rotatable bonds is 5. The van der Waals surface area contributed by atoms with E-state index in [1.807, 2.05) is 0 Å². The maximum Gasteiger partial charge on any atom is 0.446 e. The van der Waals surface area contributed by atoms with E-state index in [4.69, 9.17) is 4.74 Å². The molecule has 4 rings (SSSR count). The van der Waals surface area contributed by atoms with E-state index in [0.29, 0.717) is 11.2 Å². The summed E-state index contributed by atoms with van der Waals surface area (Å²) < 4.78 is 44.9. The highest BCUT2D eigenvalue weighted by Crippen LogP contribution is 2.39. The van der Waals surface area contributed by atoms with Gasteiger partial charge in [-0.15, -0.1) is 0 Å². The summed E-state index contributed by atoms with van der Waals surface area (Å²) in [6.07, 6.45) is 0.972. The lowest BCUT2D eigenvalue weighted by Gasteiger charge is -2.48. The minimum Gasteiger partial charge on any atom is -0.444 e. The number of carbonyl (C=O) groups is 1. The fourth-order valence-corrected chi connectivity index (χ4v) is 4.53. The first kappa shape index (κ1) is 25.4. The van der Waals surface area contributed by atoms with Crippen molar-refractivity contribution in [3.8, 4) is 6.07 Å². The number of aromatic amines is 1. The molecular formula is C23H23F3N6O3S. The van der Waals surface area contributed by atoms with Gasteiger partial charge in [0, 0.05) is 16.8 Å². The summed E-state index contributed by atoms with van der Waals surface area (Å²) in [7, 11) is 0. The summed E-state index contributed by atoms with van der Waals surface area (Å²) in [5.41, 5.74) is -5.52. The minimum atomic E-state index is -4.40. The molecule has 0 radical (unpaired) electrons. The fourth-order valence-electron chi connectivity index (χ4n) is 3.99. The highest BCUT2D eigenvalue weighted by molar-refractivity contribution is 8.00. The molecule has 1 aliphatic heterocycles. The van der Waals surface area contributed by atoms with Crippen molar-refractivity contribution in [2.75, 3.05) is 18.4 Å². The molecular weight excluding hydrogens is 497 g/mol. The number of likely N-dealkylation sites (tertiary alicyclic amines) is 1. The van der Waals surface area contributed by atoms with Crippen LogP contribution >= 0.6 is 11.8 Å². The highest BCUT2D eigenvalue weighted by Gasteiger charge is 2.50. The molecule has 2 aromatic heterocycles. The van der Waals surface area contributed by atoms with Gasteiger partial charge in [0.15, 0.2) is 5.82 Å². The van der Waals surface area contributed by atoms with Gasteiger partial charge in [0.1, 0.15) is 16.5 Å². The molecule has 13 heteroatoms. The second-order valence-electron chi connectivity index (χ2n) is 9.42. The maximum absolute atomic E-state index is 12.7. The van der Waals surface area contributed by atoms with Crippen LogP contribution in [0.2, 0.25) is 0 Å². The van der Waals surface area contributed by atoms with Crippen molar-refractivity contribution in [2.24, 2.45) is 0 Å². The molecule has 190 valence electrons. The SMILES string of the molecule is CC(C)(C)OC(=O)N1CC(CC#N)(n2nc(Nc3ccc(SC(F)(F)F)cc3)c3c(=O)[nH]ccc32)C1. The first-order chi connectivity index (χ1) is 16.8. The molecule has 1 saturated heterocycles. The Hall–Kier alpha value is -3.66. The van der Waals surface area contributed by atoms with Gasteiger partial charge < -0.3 is 19.9 Å². The third kappa shape index (κ3) is 5.28. The lowest BCUT2D eigenvalue weighted by atomic mass is 9.87. The van der Waals surface area contributed by atoms with Crippen LogP contribution in [0.15, 0.2) is 46.2 Å². The number of benzene rings is 1. The van der Waals surface area contributed by atoms with Gasteiger partial charge in [0.05, 0.1) is 31.1 Å². The van der Waals surface area contributed by atoms with Gasteiger partial charge >= 0.3 is 11.6 Å². The Kier molecular flexibility index (Phi) is 6.42. The van der Waals surface area contributed by atoms with Crippen LogP contribution in [0.3, 0.4) is 0 Å². The third-order valence-corrected chi connectivity index (χ3v) is 6.17. The quantitative estimate of drug-likeness (QED) is 0.458. The summed E-state index contributed by atoms with van der Waals surface area (Å²) in [6, 6.07) is 9.31. The van der Waals surface area contributed by atoms with E-state index in [-0.39, 0.29) is 47.4 Å². The number of carbonyl (C=O) groups excluding carboxylic acids is 1. The molecule has 9 nitrogen and oxygen atoms in total. The molecule has 1 aliphatic rings. The third-order valence-electron chi connectivity index (χ3n) is 5.43. The number of hydrogen-bond donors (Lipinski definition) is 2. The number of nitriles is 1. The maximum atomic E-state index is 12.7. The summed E-state index contributed by atoms with van der Waals surface area (Å²) in [5.74, 6) is 0.177. The van der Waals surface area contributed by atoms with Crippen molar-refractivity contribution in [3.63, 3.8) is 0 Å². The number of halogens is 3. The fraction of sp³-hybridized carbons (Fsp3) is 0.391. The number of H-pyrrole nitrogens is 1. The Morgan fingerprint density at radius 3 is 2.50 bits per heavy atom. The van der Waals surface area contributed by atoms with Gasteiger partial charge in [-0.25, -0.2) is 4.79 Å². The summed E-state index contributed by atoms with van der Waals surface area (Å²) in [6.45, 7) is 5.58. The Bertz CT molecular complexity index is 1380. The number of fused-ring (bicyclic) bond motifs is 1.